The van der Waals surface area contributed by atoms with Crippen LogP contribution in [0.5, 0.6) is 0 Å². The molecule has 0 aliphatic carbocycles. The molecule has 4 rings (SSSR count). The first-order chi connectivity index (χ1) is 31.8. The zero-order valence-corrected chi connectivity index (χ0v) is 45.4. The molecule has 2 aliphatic heterocycles. The van der Waals surface area contributed by atoms with Gasteiger partial charge in [-0.1, -0.05) is 261 Å². The van der Waals surface area contributed by atoms with Crippen molar-refractivity contribution in [1.82, 2.24) is 0 Å². The first kappa shape index (κ1) is 54.9. The van der Waals surface area contributed by atoms with Crippen molar-refractivity contribution < 1.29 is 9.59 Å². The van der Waals surface area contributed by atoms with E-state index < -0.39 is 0 Å². The molecule has 0 N–H and O–H groups in total. The summed E-state index contributed by atoms with van der Waals surface area (Å²) in [5.41, 5.74) is 7.52. The van der Waals surface area contributed by atoms with Gasteiger partial charge >= 0.3 is 0 Å². The normalized spacial score (nSPS) is 15.8. The molecule has 0 aromatic heterocycles. The smallest absolute Gasteiger partial charge is 0.259 e. The van der Waals surface area contributed by atoms with Crippen LogP contribution in [0.2, 0.25) is 0 Å². The Labute approximate surface area is 412 Å². The fourth-order valence-electron chi connectivity index (χ4n) is 10.4. The first-order valence-corrected chi connectivity index (χ1v) is 30.7. The van der Waals surface area contributed by atoms with Crippen LogP contribution in [0.15, 0.2) is 36.4 Å². The summed E-state index contributed by atoms with van der Waals surface area (Å²) in [7, 11) is 0. The standard InChI is InChI=1S/C58H94N2O2.H2IP/c1-7-11-15-19-23-25-29-33-37-49(35-31-27-21-17-13-9-3)45-59-53-43-47(5)39-41-51(53)55(57(59)61)56-52-42-40-48(6)44-54(52)60(58(56)62)46-50(36-32-28-22-18-14-10-4)38-34-30-26-24-20-16-12-8-2;1-2/h39-44,49-50H,7-38,45-46H2,1-6H3;2H2/b56-55+;/i;2D. The lowest BCUT2D eigenvalue weighted by atomic mass is 9.93. The van der Waals surface area contributed by atoms with E-state index in [1.54, 1.807) is 0 Å². The van der Waals surface area contributed by atoms with Gasteiger partial charge < -0.3 is 9.80 Å². The molecule has 0 fully saturated rings. The zero-order valence-electron chi connectivity index (χ0n) is 43.2. The molecule has 0 spiro atoms. The summed E-state index contributed by atoms with van der Waals surface area (Å²) >= 11 is 1.98. The number of carbonyl (C=O) groups excluding carboxylic acids is 2. The summed E-state index contributed by atoms with van der Waals surface area (Å²) < 4.78 is 6.22. The molecule has 2 amide bonds. The van der Waals surface area contributed by atoms with E-state index in [-0.39, 0.29) is 11.8 Å². The molecule has 64 heavy (non-hydrogen) atoms. The molecule has 2 heterocycles. The van der Waals surface area contributed by atoms with Crippen molar-refractivity contribution in [2.75, 3.05) is 22.9 Å². The van der Waals surface area contributed by atoms with E-state index >= 15 is 9.59 Å². The van der Waals surface area contributed by atoms with E-state index in [1.807, 2.05) is 22.0 Å². The Morgan fingerprint density at radius 2 is 0.703 bits per heavy atom. The Balaban J connectivity index is 0.00000363. The molecule has 4 nitrogen and oxygen atoms in total. The van der Waals surface area contributed by atoms with Crippen LogP contribution < -0.4 is 9.80 Å². The van der Waals surface area contributed by atoms with Gasteiger partial charge in [0, 0.05) is 24.2 Å². The van der Waals surface area contributed by atoms with Gasteiger partial charge in [-0.25, -0.2) is 0 Å². The summed E-state index contributed by atoms with van der Waals surface area (Å²) in [6.07, 6.45) is 41.4. The summed E-state index contributed by atoms with van der Waals surface area (Å²) in [5.74, 6) is 1.00. The van der Waals surface area contributed by atoms with Gasteiger partial charge in [-0.3, -0.25) is 9.59 Å². The van der Waals surface area contributed by atoms with E-state index in [2.05, 4.69) is 87.7 Å². The van der Waals surface area contributed by atoms with Crippen LogP contribution in [0.3, 0.4) is 0 Å². The van der Waals surface area contributed by atoms with Gasteiger partial charge in [-0.15, -0.1) is 0 Å². The zero-order chi connectivity index (χ0) is 47.1. The van der Waals surface area contributed by atoms with E-state index in [1.165, 1.54) is 205 Å². The average molecular weight is 1010 g/mol. The fourth-order valence-corrected chi connectivity index (χ4v) is 10.4. The Morgan fingerprint density at radius 3 is 0.969 bits per heavy atom. The molecule has 3 unspecified atom stereocenters. The number of hydrogen-bond acceptors (Lipinski definition) is 2. The summed E-state index contributed by atoms with van der Waals surface area (Å²) in [6, 6.07) is 13.0. The van der Waals surface area contributed by atoms with Crippen LogP contribution in [-0.2, 0) is 9.59 Å². The van der Waals surface area contributed by atoms with Gasteiger partial charge in [0.15, 0.2) is 0 Å². The van der Waals surface area contributed by atoms with Crippen LogP contribution in [0.4, 0.5) is 11.4 Å². The third-order valence-electron chi connectivity index (χ3n) is 14.3. The fraction of sp³-hybridized carbons (Fsp3) is 0.724. The Hall–Kier alpha value is -1.72. The maximum atomic E-state index is 15.1. The molecule has 0 radical (unpaired) electrons. The minimum absolute atomic E-state index is 0.0359. The molecule has 0 saturated heterocycles. The number of anilines is 2. The molecule has 2 aromatic rings. The number of hydrogen-bond donors (Lipinski definition) is 0. The van der Waals surface area contributed by atoms with Gasteiger partial charge in [-0.2, -0.15) is 0 Å². The van der Waals surface area contributed by atoms with Crippen LogP contribution >= 0.6 is 28.9 Å². The van der Waals surface area contributed by atoms with Crippen molar-refractivity contribution in [1.29, 1.82) is 1.28 Å². The Morgan fingerprint density at radius 1 is 0.453 bits per heavy atom. The van der Waals surface area contributed by atoms with Crippen molar-refractivity contribution in [3.05, 3.63) is 58.7 Å². The van der Waals surface area contributed by atoms with Gasteiger partial charge in [0.25, 0.3) is 11.8 Å². The van der Waals surface area contributed by atoms with Crippen molar-refractivity contribution in [2.24, 2.45) is 11.8 Å². The molecule has 362 valence electrons. The highest BCUT2D eigenvalue weighted by molar-refractivity contribution is 14.2. The van der Waals surface area contributed by atoms with Crippen molar-refractivity contribution in [2.45, 2.75) is 247 Å². The third-order valence-corrected chi connectivity index (χ3v) is 14.3. The van der Waals surface area contributed by atoms with Crippen LogP contribution in [-0.4, -0.2) is 26.2 Å². The van der Waals surface area contributed by atoms with Gasteiger partial charge in [0.2, 0.25) is 0 Å². The SMILES string of the molecule is CCCCCCCCCCC(CCCCCCCC)CN1C(=O)/C(=C2/C(=O)N(CC(CCCCCCCC)CCCCCCCCCC)c3cc(C)ccc32)c2ccc(C)cc21.[2H]PI. The summed E-state index contributed by atoms with van der Waals surface area (Å²) in [6.45, 7) is 15.2. The highest BCUT2D eigenvalue weighted by Crippen LogP contribution is 2.48. The second-order valence-corrected chi connectivity index (χ2v) is 20.0. The number of unbranched alkanes of at least 4 members (excludes halogenated alkanes) is 24. The lowest BCUT2D eigenvalue weighted by Crippen LogP contribution is -2.34. The number of benzene rings is 2. The number of halogens is 1. The maximum Gasteiger partial charge on any atom is 0.259 e. The molecular formula is C58H96IN2O2P. The van der Waals surface area contributed by atoms with E-state index in [0.717, 1.165) is 46.7 Å². The van der Waals surface area contributed by atoms with E-state index in [4.69, 9.17) is 1.28 Å². The minimum Gasteiger partial charge on any atom is -0.307 e. The predicted molar refractivity (Wildman–Crippen MR) is 295 cm³/mol. The number of fused-ring (bicyclic) bond motifs is 2. The monoisotopic (exact) mass is 1010 g/mol. The first-order valence-electron chi connectivity index (χ1n) is 27.6. The largest absolute Gasteiger partial charge is 0.307 e. The molecule has 0 bridgehead atoms. The second kappa shape index (κ2) is 34.6. The van der Waals surface area contributed by atoms with Crippen molar-refractivity contribution in [3.63, 3.8) is 0 Å². The molecule has 2 aliphatic rings. The molecular weight excluding hydrogens is 915 g/mol. The lowest BCUT2D eigenvalue weighted by molar-refractivity contribution is -0.114. The average Bonchev–Trinajstić information content (AvgIpc) is 3.70. The highest BCUT2D eigenvalue weighted by atomic mass is 127. The number of nitrogens with zero attached hydrogens (tertiary/aromatic N) is 2. The Bertz CT molecular complexity index is 1530. The van der Waals surface area contributed by atoms with Crippen molar-refractivity contribution in [3.8, 4) is 0 Å². The van der Waals surface area contributed by atoms with Gasteiger partial charge in [-0.05, 0) is 74.6 Å². The highest BCUT2D eigenvalue weighted by Gasteiger charge is 2.43. The second-order valence-electron chi connectivity index (χ2n) is 20.0. The molecule has 3 atom stereocenters. The van der Waals surface area contributed by atoms with Crippen LogP contribution in [0.1, 0.15) is 255 Å². The third kappa shape index (κ3) is 19.5. The topological polar surface area (TPSA) is 40.6 Å². The predicted octanol–water partition coefficient (Wildman–Crippen LogP) is 18.9. The molecule has 6 heteroatoms. The van der Waals surface area contributed by atoms with Gasteiger partial charge in [0.05, 0.1) is 23.8 Å². The Kier molecular flexibility index (Phi) is 29.6. The summed E-state index contributed by atoms with van der Waals surface area (Å²) in [5, 5.41) is 0. The minimum atomic E-state index is 0.0359. The number of aryl methyl sites for hydroxylation is 2. The van der Waals surface area contributed by atoms with Crippen LogP contribution in [0, 0.1) is 25.7 Å². The number of rotatable bonds is 36. The maximum absolute atomic E-state index is 15.1. The van der Waals surface area contributed by atoms with Gasteiger partial charge in [0.1, 0.15) is 0 Å². The lowest BCUT2D eigenvalue weighted by Gasteiger charge is -2.25. The summed E-state index contributed by atoms with van der Waals surface area (Å²) in [4.78, 5) is 34.5. The van der Waals surface area contributed by atoms with Crippen LogP contribution in [0.25, 0.3) is 11.1 Å². The van der Waals surface area contributed by atoms with Crippen molar-refractivity contribution >= 4 is 63.2 Å². The molecule has 2 aromatic carbocycles. The van der Waals surface area contributed by atoms with E-state index in [9.17, 15) is 0 Å². The number of amides is 2. The van der Waals surface area contributed by atoms with E-state index in [0.29, 0.717) is 29.8 Å². The molecule has 0 saturated carbocycles. The number of carbonyl (C=O) groups is 2. The quantitative estimate of drug-likeness (QED) is 0.0295.